The summed E-state index contributed by atoms with van der Waals surface area (Å²) < 4.78 is 1.14. The molecule has 26 heavy (non-hydrogen) atoms. The van der Waals surface area contributed by atoms with Crippen molar-refractivity contribution in [3.05, 3.63) is 46.4 Å². The zero-order valence-corrected chi connectivity index (χ0v) is 17.7. The molecule has 1 N–H and O–H groups in total. The van der Waals surface area contributed by atoms with Crippen molar-refractivity contribution >= 4 is 37.7 Å². The number of benzene rings is 2. The predicted molar refractivity (Wildman–Crippen MR) is 119 cm³/mol. The number of nitrogens with one attached hydrogen (secondary N) is 1. The number of hydrogen-bond acceptors (Lipinski definition) is 0. The molecule has 0 aliphatic carbocycles. The van der Waals surface area contributed by atoms with Gasteiger partial charge in [0, 0.05) is 20.8 Å². The quantitative estimate of drug-likeness (QED) is 0.303. The van der Waals surface area contributed by atoms with Crippen LogP contribution in [0.2, 0.25) is 0 Å². The zero-order valence-electron chi connectivity index (χ0n) is 16.1. The van der Waals surface area contributed by atoms with Crippen LogP contribution < -0.4 is 0 Å². The van der Waals surface area contributed by atoms with Crippen LogP contribution in [0.5, 0.6) is 0 Å². The summed E-state index contributed by atoms with van der Waals surface area (Å²) in [4.78, 5) is 3.54. The Kier molecular flexibility index (Phi) is 7.61. The number of para-hydroxylation sites is 1. The van der Waals surface area contributed by atoms with Gasteiger partial charge in [0.1, 0.15) is 0 Å². The first-order valence-electron chi connectivity index (χ1n) is 10.5. The molecule has 0 aliphatic heterocycles. The molecule has 0 radical (unpaired) electrons. The van der Waals surface area contributed by atoms with E-state index in [0.717, 1.165) is 4.47 Å². The SMILES string of the molecule is CCCCCCCCCCCCc1ccc2[nH]c3c(Br)cccc3c2c1. The number of aryl methyl sites for hydroxylation is 1. The Bertz CT molecular complexity index is 818. The van der Waals surface area contributed by atoms with E-state index in [4.69, 9.17) is 0 Å². The number of fused-ring (bicyclic) bond motifs is 3. The van der Waals surface area contributed by atoms with Gasteiger partial charge in [0.05, 0.1) is 5.52 Å². The first kappa shape index (κ1) is 19.5. The highest BCUT2D eigenvalue weighted by atomic mass is 79.9. The van der Waals surface area contributed by atoms with Gasteiger partial charge in [-0.1, -0.05) is 82.9 Å². The van der Waals surface area contributed by atoms with Gasteiger partial charge in [-0.15, -0.1) is 0 Å². The summed E-state index contributed by atoms with van der Waals surface area (Å²) in [7, 11) is 0. The molecule has 0 saturated carbocycles. The molecule has 1 nitrogen and oxygen atoms in total. The minimum atomic E-state index is 1.14. The van der Waals surface area contributed by atoms with Crippen molar-refractivity contribution in [1.82, 2.24) is 4.98 Å². The number of unbranched alkanes of at least 4 members (excludes halogenated alkanes) is 9. The molecule has 2 heteroatoms. The van der Waals surface area contributed by atoms with Gasteiger partial charge in [-0.25, -0.2) is 0 Å². The molecule has 0 aliphatic rings. The lowest BCUT2D eigenvalue weighted by atomic mass is 10.0. The average molecular weight is 414 g/mol. The number of halogens is 1. The fraction of sp³-hybridized carbons (Fsp3) is 0.500. The van der Waals surface area contributed by atoms with Gasteiger partial charge in [0.25, 0.3) is 0 Å². The summed E-state index contributed by atoms with van der Waals surface area (Å²) in [5.41, 5.74) is 3.91. The Balaban J connectivity index is 1.43. The molecular weight excluding hydrogens is 382 g/mol. The predicted octanol–water partition coefficient (Wildman–Crippen LogP) is 8.55. The largest absolute Gasteiger partial charge is 0.354 e. The second-order valence-electron chi connectivity index (χ2n) is 7.60. The van der Waals surface area contributed by atoms with Crippen molar-refractivity contribution < 1.29 is 0 Å². The third-order valence-electron chi connectivity index (χ3n) is 5.47. The molecular formula is C24H32BrN. The topological polar surface area (TPSA) is 15.8 Å². The Labute approximate surface area is 166 Å². The van der Waals surface area contributed by atoms with Gasteiger partial charge in [-0.3, -0.25) is 0 Å². The van der Waals surface area contributed by atoms with Crippen LogP contribution in [0, 0.1) is 0 Å². The highest BCUT2D eigenvalue weighted by Gasteiger charge is 2.07. The first-order valence-corrected chi connectivity index (χ1v) is 11.3. The summed E-state index contributed by atoms with van der Waals surface area (Å²) >= 11 is 3.65. The van der Waals surface area contributed by atoms with Gasteiger partial charge < -0.3 is 4.98 Å². The monoisotopic (exact) mass is 413 g/mol. The average Bonchev–Trinajstić information content (AvgIpc) is 3.03. The molecule has 0 spiro atoms. The lowest BCUT2D eigenvalue weighted by Gasteiger charge is -2.04. The number of rotatable bonds is 11. The van der Waals surface area contributed by atoms with Crippen molar-refractivity contribution in [3.63, 3.8) is 0 Å². The molecule has 1 aromatic heterocycles. The molecule has 0 amide bonds. The van der Waals surface area contributed by atoms with E-state index in [1.54, 1.807) is 0 Å². The molecule has 0 unspecified atom stereocenters. The van der Waals surface area contributed by atoms with E-state index in [1.165, 1.54) is 98.0 Å². The van der Waals surface area contributed by atoms with E-state index < -0.39 is 0 Å². The minimum Gasteiger partial charge on any atom is -0.354 e. The Morgan fingerprint density at radius 3 is 2.19 bits per heavy atom. The van der Waals surface area contributed by atoms with E-state index in [-0.39, 0.29) is 0 Å². The molecule has 2 aromatic carbocycles. The highest BCUT2D eigenvalue weighted by molar-refractivity contribution is 9.10. The summed E-state index contributed by atoms with van der Waals surface area (Å²) in [6, 6.07) is 13.3. The molecule has 3 aromatic rings. The lowest BCUT2D eigenvalue weighted by molar-refractivity contribution is 0.556. The highest BCUT2D eigenvalue weighted by Crippen LogP contribution is 2.31. The molecule has 0 fully saturated rings. The maximum atomic E-state index is 3.65. The third kappa shape index (κ3) is 5.13. The molecule has 140 valence electrons. The molecule has 3 rings (SSSR count). The molecule has 0 atom stereocenters. The van der Waals surface area contributed by atoms with Crippen LogP contribution in [-0.2, 0) is 6.42 Å². The fourth-order valence-electron chi connectivity index (χ4n) is 3.91. The van der Waals surface area contributed by atoms with E-state index in [0.29, 0.717) is 0 Å². The van der Waals surface area contributed by atoms with Gasteiger partial charge in [-0.2, -0.15) is 0 Å². The van der Waals surface area contributed by atoms with Crippen molar-refractivity contribution in [2.75, 3.05) is 0 Å². The van der Waals surface area contributed by atoms with Crippen LogP contribution in [0.4, 0.5) is 0 Å². The summed E-state index contributed by atoms with van der Waals surface area (Å²) in [5, 5.41) is 2.67. The van der Waals surface area contributed by atoms with Crippen LogP contribution in [-0.4, -0.2) is 4.98 Å². The molecule has 1 heterocycles. The number of hydrogen-bond donors (Lipinski definition) is 1. The fourth-order valence-corrected chi connectivity index (χ4v) is 4.37. The Hall–Kier alpha value is -1.28. The van der Waals surface area contributed by atoms with Crippen LogP contribution >= 0.6 is 15.9 Å². The minimum absolute atomic E-state index is 1.14. The standard InChI is InChI=1S/C24H32BrN/c1-2-3-4-5-6-7-8-9-10-11-13-19-16-17-23-21(18-19)20-14-12-15-22(25)24(20)26-23/h12,14-18,26H,2-11,13H2,1H3. The van der Waals surface area contributed by atoms with Crippen LogP contribution in [0.15, 0.2) is 40.9 Å². The van der Waals surface area contributed by atoms with E-state index in [1.807, 2.05) is 0 Å². The smallest absolute Gasteiger partial charge is 0.0609 e. The zero-order chi connectivity index (χ0) is 18.2. The maximum Gasteiger partial charge on any atom is 0.0609 e. The van der Waals surface area contributed by atoms with Crippen LogP contribution in [0.25, 0.3) is 21.8 Å². The summed E-state index contributed by atoms with van der Waals surface area (Å²) in [6.45, 7) is 2.29. The van der Waals surface area contributed by atoms with Crippen LogP contribution in [0.3, 0.4) is 0 Å². The second kappa shape index (κ2) is 10.2. The van der Waals surface area contributed by atoms with Crippen molar-refractivity contribution in [1.29, 1.82) is 0 Å². The van der Waals surface area contributed by atoms with Gasteiger partial charge in [0.15, 0.2) is 0 Å². The van der Waals surface area contributed by atoms with Gasteiger partial charge >= 0.3 is 0 Å². The van der Waals surface area contributed by atoms with Crippen molar-refractivity contribution in [3.8, 4) is 0 Å². The van der Waals surface area contributed by atoms with Gasteiger partial charge in [0.2, 0.25) is 0 Å². The Morgan fingerprint density at radius 1 is 0.769 bits per heavy atom. The van der Waals surface area contributed by atoms with Gasteiger partial charge in [-0.05, 0) is 52.5 Å². The summed E-state index contributed by atoms with van der Waals surface area (Å²) in [5.74, 6) is 0. The van der Waals surface area contributed by atoms with Crippen LogP contribution in [0.1, 0.15) is 76.7 Å². The summed E-state index contributed by atoms with van der Waals surface area (Å²) in [6.07, 6.45) is 15.2. The van der Waals surface area contributed by atoms with E-state index >= 15 is 0 Å². The lowest BCUT2D eigenvalue weighted by Crippen LogP contribution is -1.87. The second-order valence-corrected chi connectivity index (χ2v) is 8.45. The number of H-pyrrole nitrogens is 1. The van der Waals surface area contributed by atoms with Crippen molar-refractivity contribution in [2.45, 2.75) is 77.6 Å². The number of aromatic nitrogens is 1. The normalized spacial score (nSPS) is 11.6. The Morgan fingerprint density at radius 2 is 1.46 bits per heavy atom. The third-order valence-corrected chi connectivity index (χ3v) is 6.13. The van der Waals surface area contributed by atoms with E-state index in [2.05, 4.69) is 64.2 Å². The maximum absolute atomic E-state index is 3.65. The molecule has 0 bridgehead atoms. The molecule has 0 saturated heterocycles. The first-order chi connectivity index (χ1) is 12.8. The number of aromatic amines is 1. The van der Waals surface area contributed by atoms with E-state index in [9.17, 15) is 0 Å². The van der Waals surface area contributed by atoms with Crippen molar-refractivity contribution in [2.24, 2.45) is 0 Å².